The third-order valence-electron chi connectivity index (χ3n) is 4.51. The Morgan fingerprint density at radius 1 is 1.38 bits per heavy atom. The van der Waals surface area contributed by atoms with E-state index in [0.29, 0.717) is 28.6 Å². The Labute approximate surface area is 152 Å². The third-order valence-corrected chi connectivity index (χ3v) is 5.85. The maximum atomic E-state index is 12.6. The van der Waals surface area contributed by atoms with E-state index >= 15 is 0 Å². The number of urea groups is 1. The van der Waals surface area contributed by atoms with Gasteiger partial charge in [0.1, 0.15) is 18.2 Å². The van der Waals surface area contributed by atoms with Gasteiger partial charge in [-0.2, -0.15) is 13.5 Å². The molecule has 2 N–H and O–H groups in total. The lowest BCUT2D eigenvalue weighted by atomic mass is 9.99. The van der Waals surface area contributed by atoms with Gasteiger partial charge in [-0.1, -0.05) is 0 Å². The highest BCUT2D eigenvalue weighted by Gasteiger charge is 2.53. The number of rotatable bonds is 5. The fraction of sp³-hybridized carbons (Fsp3) is 0.538. The molecule has 1 aromatic rings. The Morgan fingerprint density at radius 2 is 2.12 bits per heavy atom. The molecule has 0 aromatic carbocycles. The molecule has 3 amide bonds. The number of carbonyl (C=O) groups excluding carboxylic acids is 2. The second kappa shape index (κ2) is 6.14. The number of carbonyl (C=O) groups is 2. The molecule has 3 aliphatic heterocycles. The Bertz CT molecular complexity index is 850. The average Bonchev–Trinajstić information content (AvgIpc) is 3.10. The number of likely N-dealkylation sites (N-methyl/N-ethyl adjacent to an activating group) is 1. The first-order chi connectivity index (χ1) is 12.2. The van der Waals surface area contributed by atoms with Crippen molar-refractivity contribution in [1.29, 1.82) is 0 Å². The van der Waals surface area contributed by atoms with Crippen molar-refractivity contribution in [1.82, 2.24) is 20.3 Å². The van der Waals surface area contributed by atoms with Crippen LogP contribution in [0.15, 0.2) is 11.4 Å². The van der Waals surface area contributed by atoms with Gasteiger partial charge in [0, 0.05) is 18.0 Å². The van der Waals surface area contributed by atoms with Crippen LogP contribution in [0.2, 0.25) is 0 Å². The SMILES string of the molecule is CN1CC(ONC(=O)C2c3sccc3C3CN2C(=O)N3OS(=O)(=O)O)C1. The summed E-state index contributed by atoms with van der Waals surface area (Å²) in [5.74, 6) is -0.524. The van der Waals surface area contributed by atoms with Crippen molar-refractivity contribution in [2.45, 2.75) is 18.2 Å². The first-order valence-corrected chi connectivity index (χ1v) is 9.97. The van der Waals surface area contributed by atoms with Crippen LogP contribution in [-0.2, 0) is 24.3 Å². The van der Waals surface area contributed by atoms with Crippen LogP contribution in [0.4, 0.5) is 4.79 Å². The molecule has 11 nitrogen and oxygen atoms in total. The van der Waals surface area contributed by atoms with E-state index in [1.165, 1.54) is 16.2 Å². The molecule has 2 atom stereocenters. The van der Waals surface area contributed by atoms with Crippen LogP contribution in [0.1, 0.15) is 22.5 Å². The van der Waals surface area contributed by atoms with Gasteiger partial charge in [-0.15, -0.1) is 15.6 Å². The van der Waals surface area contributed by atoms with Crippen molar-refractivity contribution in [2.24, 2.45) is 0 Å². The normalized spacial score (nSPS) is 26.0. The number of thiophene rings is 1. The molecule has 2 unspecified atom stereocenters. The van der Waals surface area contributed by atoms with Gasteiger partial charge in [0.15, 0.2) is 0 Å². The predicted octanol–water partition coefficient (Wildman–Crippen LogP) is -0.322. The van der Waals surface area contributed by atoms with Gasteiger partial charge in [-0.05, 0) is 24.1 Å². The quantitative estimate of drug-likeness (QED) is 0.505. The number of hydrogen-bond donors (Lipinski definition) is 2. The van der Waals surface area contributed by atoms with Crippen molar-refractivity contribution in [3.8, 4) is 0 Å². The Hall–Kier alpha value is -1.77. The highest BCUT2D eigenvalue weighted by atomic mass is 32.3. The van der Waals surface area contributed by atoms with Gasteiger partial charge in [0.25, 0.3) is 5.91 Å². The van der Waals surface area contributed by atoms with Crippen molar-refractivity contribution in [3.63, 3.8) is 0 Å². The van der Waals surface area contributed by atoms with E-state index in [1.807, 2.05) is 11.9 Å². The van der Waals surface area contributed by atoms with Gasteiger partial charge in [-0.3, -0.25) is 14.2 Å². The highest BCUT2D eigenvalue weighted by molar-refractivity contribution is 7.80. The Morgan fingerprint density at radius 3 is 2.77 bits per heavy atom. The topological polar surface area (TPSA) is 129 Å². The zero-order valence-electron chi connectivity index (χ0n) is 13.6. The number of fused-ring (bicyclic) bond motifs is 4. The molecule has 0 radical (unpaired) electrons. The van der Waals surface area contributed by atoms with Gasteiger partial charge < -0.3 is 9.80 Å². The molecule has 4 rings (SSSR count). The van der Waals surface area contributed by atoms with E-state index in [2.05, 4.69) is 9.76 Å². The summed E-state index contributed by atoms with van der Waals surface area (Å²) in [5, 5.41) is 2.32. The summed E-state index contributed by atoms with van der Waals surface area (Å²) in [5.41, 5.74) is 2.99. The maximum absolute atomic E-state index is 12.6. The van der Waals surface area contributed by atoms with Crippen molar-refractivity contribution in [2.75, 3.05) is 26.7 Å². The number of hydroxylamine groups is 3. The van der Waals surface area contributed by atoms with Crippen LogP contribution in [0.3, 0.4) is 0 Å². The number of hydrogen-bond acceptors (Lipinski definition) is 8. The fourth-order valence-corrected chi connectivity index (χ4v) is 4.80. The zero-order chi connectivity index (χ0) is 18.6. The summed E-state index contributed by atoms with van der Waals surface area (Å²) >= 11 is 1.27. The van der Waals surface area contributed by atoms with Crippen LogP contribution in [0.5, 0.6) is 0 Å². The molecular weight excluding hydrogens is 388 g/mol. The smallest absolute Gasteiger partial charge is 0.303 e. The number of amides is 3. The predicted molar refractivity (Wildman–Crippen MR) is 86.9 cm³/mol. The minimum Gasteiger partial charge on any atom is -0.303 e. The highest BCUT2D eigenvalue weighted by Crippen LogP contribution is 2.46. The summed E-state index contributed by atoms with van der Waals surface area (Å²) in [4.78, 5) is 34.3. The monoisotopic (exact) mass is 404 g/mol. The fourth-order valence-electron chi connectivity index (χ4n) is 3.37. The molecule has 13 heteroatoms. The second-order valence-corrected chi connectivity index (χ2v) is 8.30. The van der Waals surface area contributed by atoms with Crippen LogP contribution in [0.25, 0.3) is 0 Å². The van der Waals surface area contributed by atoms with Crippen LogP contribution in [-0.4, -0.2) is 72.6 Å². The molecule has 2 saturated heterocycles. The summed E-state index contributed by atoms with van der Waals surface area (Å²) in [6, 6.07) is -0.805. The number of nitrogens with zero attached hydrogens (tertiary/aromatic N) is 3. The third kappa shape index (κ3) is 2.95. The lowest BCUT2D eigenvalue weighted by Gasteiger charge is -2.36. The lowest BCUT2D eigenvalue weighted by molar-refractivity contribution is -0.152. The van der Waals surface area contributed by atoms with Crippen LogP contribution < -0.4 is 5.48 Å². The molecule has 142 valence electrons. The molecule has 2 bridgehead atoms. The van der Waals surface area contributed by atoms with Crippen molar-refractivity contribution >= 4 is 33.7 Å². The summed E-state index contributed by atoms with van der Waals surface area (Å²) < 4.78 is 35.4. The molecule has 0 aliphatic carbocycles. The molecule has 26 heavy (non-hydrogen) atoms. The van der Waals surface area contributed by atoms with E-state index in [1.54, 1.807) is 11.4 Å². The minimum atomic E-state index is -4.87. The number of likely N-dealkylation sites (tertiary alicyclic amines) is 1. The molecule has 0 spiro atoms. The molecule has 3 aliphatic rings. The van der Waals surface area contributed by atoms with Gasteiger partial charge in [0.05, 0.1) is 6.54 Å². The van der Waals surface area contributed by atoms with Crippen molar-refractivity contribution < 1.29 is 31.7 Å². The largest absolute Gasteiger partial charge is 0.418 e. The van der Waals surface area contributed by atoms with E-state index in [9.17, 15) is 18.0 Å². The molecule has 4 heterocycles. The molecule has 1 aromatic heterocycles. The van der Waals surface area contributed by atoms with Crippen LogP contribution in [0, 0.1) is 0 Å². The summed E-state index contributed by atoms with van der Waals surface area (Å²) in [7, 11) is -2.95. The van der Waals surface area contributed by atoms with E-state index < -0.39 is 34.4 Å². The summed E-state index contributed by atoms with van der Waals surface area (Å²) in [6.07, 6.45) is -0.114. The van der Waals surface area contributed by atoms with Gasteiger partial charge in [-0.25, -0.2) is 10.3 Å². The van der Waals surface area contributed by atoms with E-state index in [4.69, 9.17) is 9.39 Å². The number of nitrogens with one attached hydrogen (secondary N) is 1. The van der Waals surface area contributed by atoms with Crippen LogP contribution >= 0.6 is 11.3 Å². The Balaban J connectivity index is 1.56. The van der Waals surface area contributed by atoms with E-state index in [-0.39, 0.29) is 12.6 Å². The second-order valence-electron chi connectivity index (χ2n) is 6.35. The van der Waals surface area contributed by atoms with E-state index in [0.717, 1.165) is 0 Å². The Kier molecular flexibility index (Phi) is 4.17. The molecular formula is C13H16N4O7S2. The first kappa shape index (κ1) is 17.6. The first-order valence-electron chi connectivity index (χ1n) is 7.73. The zero-order valence-corrected chi connectivity index (χ0v) is 15.2. The lowest BCUT2D eigenvalue weighted by Crippen LogP contribution is -2.53. The standard InChI is InChI=1S/C13H16N4O7S2/c1-15-4-7(5-15)23-14-12(18)10-11-8(2-3-25-11)9-6-16(10)13(19)17(9)24-26(20,21)22/h2-3,7,9-10H,4-6H2,1H3,(H,14,18)(H,20,21,22). The summed E-state index contributed by atoms with van der Waals surface area (Å²) in [6.45, 7) is 1.44. The molecule has 2 fully saturated rings. The van der Waals surface area contributed by atoms with Gasteiger partial charge >= 0.3 is 16.4 Å². The van der Waals surface area contributed by atoms with Crippen molar-refractivity contribution in [3.05, 3.63) is 21.9 Å². The molecule has 0 saturated carbocycles. The maximum Gasteiger partial charge on any atom is 0.418 e. The minimum absolute atomic E-state index is 0.0579. The van der Waals surface area contributed by atoms with Gasteiger partial charge in [0.2, 0.25) is 0 Å². The average molecular weight is 404 g/mol.